The zero-order valence-electron chi connectivity index (χ0n) is 10.8. The molecule has 0 radical (unpaired) electrons. The molecule has 0 bridgehead atoms. The minimum absolute atomic E-state index is 0.145. The van der Waals surface area contributed by atoms with Crippen molar-refractivity contribution in [2.45, 2.75) is 19.8 Å². The summed E-state index contributed by atoms with van der Waals surface area (Å²) >= 11 is 0. The third kappa shape index (κ3) is 1.88. The third-order valence-electron chi connectivity index (χ3n) is 3.52. The van der Waals surface area contributed by atoms with Crippen LogP contribution in [0, 0.1) is 12.8 Å². The van der Waals surface area contributed by atoms with E-state index in [0.29, 0.717) is 18.4 Å². The quantitative estimate of drug-likeness (QED) is 0.592. The average Bonchev–Trinajstić information content (AvgIpc) is 2.39. The Morgan fingerprint density at radius 1 is 1.33 bits per heavy atom. The molecule has 1 aliphatic carbocycles. The van der Waals surface area contributed by atoms with Crippen LogP contribution in [0.2, 0.25) is 0 Å². The van der Waals surface area contributed by atoms with Crippen LogP contribution >= 0.6 is 0 Å². The van der Waals surface area contributed by atoms with E-state index in [2.05, 4.69) is 4.74 Å². The Morgan fingerprint density at radius 3 is 2.67 bits per heavy atom. The van der Waals surface area contributed by atoms with Gasteiger partial charge in [-0.2, -0.15) is 0 Å². The van der Waals surface area contributed by atoms with Gasteiger partial charge in [0, 0.05) is 5.56 Å². The maximum absolute atomic E-state index is 12.2. The van der Waals surface area contributed by atoms with Gasteiger partial charge in [0.1, 0.15) is 11.7 Å². The smallest absolute Gasteiger partial charge is 0.316 e. The summed E-state index contributed by atoms with van der Waals surface area (Å²) in [7, 11) is 2.92. The molecule has 1 aliphatic rings. The van der Waals surface area contributed by atoms with Crippen LogP contribution in [-0.4, -0.2) is 26.0 Å². The molecule has 4 heteroatoms. The molecule has 0 N–H and O–H groups in total. The number of carbonyl (C=O) groups is 2. The summed E-state index contributed by atoms with van der Waals surface area (Å²) in [6.45, 7) is 1.93. The number of ketones is 1. The molecular weight excluding hydrogens is 232 g/mol. The highest BCUT2D eigenvalue weighted by molar-refractivity contribution is 6.10. The molecule has 0 fully saturated rings. The van der Waals surface area contributed by atoms with Crippen molar-refractivity contribution in [2.24, 2.45) is 5.92 Å². The Bertz CT molecular complexity index is 505. The molecule has 0 aliphatic heterocycles. The molecular formula is C14H16O4. The number of rotatable bonds is 2. The number of hydrogen-bond donors (Lipinski definition) is 0. The van der Waals surface area contributed by atoms with Gasteiger partial charge in [-0.05, 0) is 43.0 Å². The SMILES string of the molecule is COC(=O)[C@H]1CCc2c(ccc(OC)c2C)C1=O. The van der Waals surface area contributed by atoms with E-state index < -0.39 is 11.9 Å². The van der Waals surface area contributed by atoms with Gasteiger partial charge < -0.3 is 9.47 Å². The molecule has 2 rings (SSSR count). The lowest BCUT2D eigenvalue weighted by molar-refractivity contribution is -0.143. The molecule has 0 spiro atoms. The summed E-state index contributed by atoms with van der Waals surface area (Å²) in [6, 6.07) is 3.50. The fourth-order valence-electron chi connectivity index (χ4n) is 2.48. The molecule has 4 nitrogen and oxygen atoms in total. The summed E-state index contributed by atoms with van der Waals surface area (Å²) in [5.41, 5.74) is 2.58. The van der Waals surface area contributed by atoms with Gasteiger partial charge in [-0.3, -0.25) is 9.59 Å². The van der Waals surface area contributed by atoms with Crippen molar-refractivity contribution in [3.63, 3.8) is 0 Å². The maximum Gasteiger partial charge on any atom is 0.316 e. The summed E-state index contributed by atoms with van der Waals surface area (Å²) in [4.78, 5) is 23.8. The number of fused-ring (bicyclic) bond motifs is 1. The fraction of sp³-hybridized carbons (Fsp3) is 0.429. The van der Waals surface area contributed by atoms with Crippen LogP contribution < -0.4 is 4.74 Å². The van der Waals surface area contributed by atoms with Crippen molar-refractivity contribution in [3.05, 3.63) is 28.8 Å². The standard InChI is InChI=1S/C14H16O4/c1-8-9-4-5-11(14(16)18-3)13(15)10(9)6-7-12(8)17-2/h6-7,11H,4-5H2,1-3H3/t11-/m0/s1. The number of esters is 1. The molecule has 0 heterocycles. The van der Waals surface area contributed by atoms with Gasteiger partial charge in [0.05, 0.1) is 14.2 Å². The van der Waals surface area contributed by atoms with Crippen molar-refractivity contribution < 1.29 is 19.1 Å². The van der Waals surface area contributed by atoms with E-state index in [9.17, 15) is 9.59 Å². The monoisotopic (exact) mass is 248 g/mol. The van der Waals surface area contributed by atoms with Crippen LogP contribution in [-0.2, 0) is 16.0 Å². The lowest BCUT2D eigenvalue weighted by Gasteiger charge is -2.23. The number of carbonyl (C=O) groups excluding carboxylic acids is 2. The molecule has 0 saturated heterocycles. The summed E-state index contributed by atoms with van der Waals surface area (Å²) in [5.74, 6) is -0.471. The second-order valence-corrected chi connectivity index (χ2v) is 4.40. The normalized spacial score (nSPS) is 18.2. The van der Waals surface area contributed by atoms with Crippen molar-refractivity contribution in [1.82, 2.24) is 0 Å². The highest BCUT2D eigenvalue weighted by atomic mass is 16.5. The van der Waals surface area contributed by atoms with Gasteiger partial charge in [0.15, 0.2) is 5.78 Å². The number of hydrogen-bond acceptors (Lipinski definition) is 4. The van der Waals surface area contributed by atoms with Gasteiger partial charge in [-0.25, -0.2) is 0 Å². The molecule has 0 aromatic heterocycles. The van der Waals surface area contributed by atoms with Crippen molar-refractivity contribution >= 4 is 11.8 Å². The Balaban J connectivity index is 2.43. The molecule has 18 heavy (non-hydrogen) atoms. The van der Waals surface area contributed by atoms with E-state index in [4.69, 9.17) is 4.74 Å². The van der Waals surface area contributed by atoms with Crippen molar-refractivity contribution in [3.8, 4) is 5.75 Å². The molecule has 96 valence electrons. The number of benzene rings is 1. The maximum atomic E-state index is 12.2. The second kappa shape index (κ2) is 4.80. The Morgan fingerprint density at radius 2 is 2.06 bits per heavy atom. The minimum atomic E-state index is -0.657. The predicted octanol–water partition coefficient (Wildman–Crippen LogP) is 1.92. The van der Waals surface area contributed by atoms with Gasteiger partial charge in [0.2, 0.25) is 0 Å². The Labute approximate surface area is 106 Å². The number of ether oxygens (including phenoxy) is 2. The van der Waals surface area contributed by atoms with Crippen LogP contribution in [0.1, 0.15) is 27.9 Å². The fourth-order valence-corrected chi connectivity index (χ4v) is 2.48. The lowest BCUT2D eigenvalue weighted by Crippen LogP contribution is -2.30. The van der Waals surface area contributed by atoms with Gasteiger partial charge in [-0.1, -0.05) is 0 Å². The van der Waals surface area contributed by atoms with Crippen molar-refractivity contribution in [2.75, 3.05) is 14.2 Å². The first-order chi connectivity index (χ1) is 8.60. The van der Waals surface area contributed by atoms with Crippen LogP contribution in [0.15, 0.2) is 12.1 Å². The first-order valence-corrected chi connectivity index (χ1v) is 5.88. The molecule has 1 aromatic rings. The van der Waals surface area contributed by atoms with Crippen LogP contribution in [0.3, 0.4) is 0 Å². The molecule has 0 saturated carbocycles. The van der Waals surface area contributed by atoms with Gasteiger partial charge in [-0.15, -0.1) is 0 Å². The summed E-state index contributed by atoms with van der Waals surface area (Å²) in [6.07, 6.45) is 1.20. The largest absolute Gasteiger partial charge is 0.496 e. The van der Waals surface area contributed by atoms with Gasteiger partial charge >= 0.3 is 5.97 Å². The van der Waals surface area contributed by atoms with Crippen LogP contribution in [0.25, 0.3) is 0 Å². The molecule has 0 amide bonds. The second-order valence-electron chi connectivity index (χ2n) is 4.40. The Hall–Kier alpha value is -1.84. The molecule has 1 atom stereocenters. The van der Waals surface area contributed by atoms with Crippen LogP contribution in [0.5, 0.6) is 5.75 Å². The minimum Gasteiger partial charge on any atom is -0.496 e. The molecule has 1 aromatic carbocycles. The molecule has 0 unspecified atom stereocenters. The lowest BCUT2D eigenvalue weighted by atomic mass is 9.81. The summed E-state index contributed by atoms with van der Waals surface area (Å²) in [5, 5.41) is 0. The number of Topliss-reactive ketones (excluding diaryl/α,β-unsaturated/α-hetero) is 1. The van der Waals surface area contributed by atoms with E-state index in [1.54, 1.807) is 19.2 Å². The first kappa shape index (κ1) is 12.6. The zero-order chi connectivity index (χ0) is 13.3. The van der Waals surface area contributed by atoms with Crippen molar-refractivity contribution in [1.29, 1.82) is 0 Å². The number of methoxy groups -OCH3 is 2. The Kier molecular flexibility index (Phi) is 3.36. The topological polar surface area (TPSA) is 52.6 Å². The van der Waals surface area contributed by atoms with Gasteiger partial charge in [0.25, 0.3) is 0 Å². The predicted molar refractivity (Wildman–Crippen MR) is 65.9 cm³/mol. The third-order valence-corrected chi connectivity index (χ3v) is 3.52. The van der Waals surface area contributed by atoms with E-state index in [-0.39, 0.29) is 5.78 Å². The van der Waals surface area contributed by atoms with Crippen LogP contribution in [0.4, 0.5) is 0 Å². The van der Waals surface area contributed by atoms with E-state index in [0.717, 1.165) is 16.9 Å². The highest BCUT2D eigenvalue weighted by Crippen LogP contribution is 2.32. The average molecular weight is 248 g/mol. The highest BCUT2D eigenvalue weighted by Gasteiger charge is 2.34. The van der Waals surface area contributed by atoms with E-state index in [1.807, 2.05) is 6.92 Å². The first-order valence-electron chi connectivity index (χ1n) is 5.88. The zero-order valence-corrected chi connectivity index (χ0v) is 10.8. The van der Waals surface area contributed by atoms with E-state index >= 15 is 0 Å². The van der Waals surface area contributed by atoms with E-state index in [1.165, 1.54) is 7.11 Å². The summed E-state index contributed by atoms with van der Waals surface area (Å²) < 4.78 is 9.90.